The predicted octanol–water partition coefficient (Wildman–Crippen LogP) is 2.00. The molecule has 1 fully saturated rings. The van der Waals surface area contributed by atoms with Crippen LogP contribution in [0.1, 0.15) is 18.9 Å². The van der Waals surface area contributed by atoms with Gasteiger partial charge in [-0.05, 0) is 37.6 Å². The number of amides is 1. The molecule has 0 spiro atoms. The molecule has 1 amide bonds. The summed E-state index contributed by atoms with van der Waals surface area (Å²) in [4.78, 5) is 12.0. The van der Waals surface area contributed by atoms with Crippen LogP contribution < -0.4 is 10.6 Å². The van der Waals surface area contributed by atoms with Crippen molar-refractivity contribution in [3.8, 4) is 0 Å². The third-order valence-electron chi connectivity index (χ3n) is 3.35. The Bertz CT molecular complexity index is 462. The van der Waals surface area contributed by atoms with Crippen molar-refractivity contribution in [2.45, 2.75) is 19.9 Å². The molecule has 1 saturated heterocycles. The van der Waals surface area contributed by atoms with Crippen molar-refractivity contribution >= 4 is 18.3 Å². The van der Waals surface area contributed by atoms with Gasteiger partial charge in [0.2, 0.25) is 5.91 Å². The summed E-state index contributed by atoms with van der Waals surface area (Å²) in [5.41, 5.74) is 0.148. The standard InChI is InChI=1S/C13H16F2N2O.ClH/c1-13(4-5-16-8-13)12(18)17-7-9-2-3-10(14)11(15)6-9;/h2-3,6,16H,4-5,7-8H2,1H3,(H,17,18);1H. The van der Waals surface area contributed by atoms with Crippen LogP contribution in [0.4, 0.5) is 8.78 Å². The average Bonchev–Trinajstić information content (AvgIpc) is 2.79. The fraction of sp³-hybridized carbons (Fsp3) is 0.462. The zero-order valence-electron chi connectivity index (χ0n) is 10.6. The van der Waals surface area contributed by atoms with Gasteiger partial charge in [-0.25, -0.2) is 8.78 Å². The van der Waals surface area contributed by atoms with Gasteiger partial charge in [0.1, 0.15) is 0 Å². The molecule has 2 N–H and O–H groups in total. The molecule has 2 rings (SSSR count). The molecule has 0 saturated carbocycles. The van der Waals surface area contributed by atoms with E-state index < -0.39 is 17.0 Å². The Balaban J connectivity index is 0.00000180. The molecule has 1 aromatic carbocycles. The molecule has 106 valence electrons. The van der Waals surface area contributed by atoms with E-state index in [1.54, 1.807) is 0 Å². The second-order valence-corrected chi connectivity index (χ2v) is 4.92. The molecule has 0 bridgehead atoms. The van der Waals surface area contributed by atoms with Crippen LogP contribution in [-0.4, -0.2) is 19.0 Å². The lowest BCUT2D eigenvalue weighted by atomic mass is 9.89. The number of carbonyl (C=O) groups excluding carboxylic acids is 1. The molecule has 0 aliphatic carbocycles. The zero-order valence-corrected chi connectivity index (χ0v) is 11.4. The molecule has 1 aliphatic rings. The third kappa shape index (κ3) is 3.64. The topological polar surface area (TPSA) is 41.1 Å². The Labute approximate surface area is 117 Å². The van der Waals surface area contributed by atoms with Gasteiger partial charge < -0.3 is 10.6 Å². The van der Waals surface area contributed by atoms with Crippen molar-refractivity contribution in [3.63, 3.8) is 0 Å². The fourth-order valence-corrected chi connectivity index (χ4v) is 2.06. The van der Waals surface area contributed by atoms with Gasteiger partial charge in [0.05, 0.1) is 5.41 Å². The molecule has 1 aliphatic heterocycles. The second-order valence-electron chi connectivity index (χ2n) is 4.92. The van der Waals surface area contributed by atoms with E-state index in [4.69, 9.17) is 0 Å². The van der Waals surface area contributed by atoms with Gasteiger partial charge in [-0.1, -0.05) is 6.07 Å². The molecule has 1 aromatic rings. The Morgan fingerprint density at radius 2 is 2.16 bits per heavy atom. The van der Waals surface area contributed by atoms with Crippen molar-refractivity contribution < 1.29 is 13.6 Å². The highest BCUT2D eigenvalue weighted by atomic mass is 35.5. The molecule has 0 radical (unpaired) electrons. The minimum absolute atomic E-state index is 0. The van der Waals surface area contributed by atoms with Crippen molar-refractivity contribution in [3.05, 3.63) is 35.4 Å². The third-order valence-corrected chi connectivity index (χ3v) is 3.35. The van der Waals surface area contributed by atoms with E-state index in [1.807, 2.05) is 6.92 Å². The normalized spacial score (nSPS) is 21.8. The Hall–Kier alpha value is -1.20. The van der Waals surface area contributed by atoms with Gasteiger partial charge in [0.15, 0.2) is 11.6 Å². The molecular formula is C13H17ClF2N2O. The van der Waals surface area contributed by atoms with E-state index in [9.17, 15) is 13.6 Å². The molecule has 19 heavy (non-hydrogen) atoms. The quantitative estimate of drug-likeness (QED) is 0.894. The summed E-state index contributed by atoms with van der Waals surface area (Å²) in [7, 11) is 0. The smallest absolute Gasteiger partial charge is 0.227 e. The number of hydrogen-bond acceptors (Lipinski definition) is 2. The minimum atomic E-state index is -0.893. The van der Waals surface area contributed by atoms with Crippen LogP contribution in [0.25, 0.3) is 0 Å². The van der Waals surface area contributed by atoms with E-state index in [-0.39, 0.29) is 24.9 Å². The summed E-state index contributed by atoms with van der Waals surface area (Å²) in [6.45, 7) is 3.59. The van der Waals surface area contributed by atoms with E-state index in [0.717, 1.165) is 25.1 Å². The van der Waals surface area contributed by atoms with E-state index in [2.05, 4.69) is 10.6 Å². The number of hydrogen-bond donors (Lipinski definition) is 2. The zero-order chi connectivity index (χ0) is 13.2. The summed E-state index contributed by atoms with van der Waals surface area (Å²) in [5, 5.41) is 5.90. The second kappa shape index (κ2) is 6.30. The summed E-state index contributed by atoms with van der Waals surface area (Å²) in [6, 6.07) is 3.63. The van der Waals surface area contributed by atoms with E-state index in [1.165, 1.54) is 6.07 Å². The maximum atomic E-state index is 13.0. The van der Waals surface area contributed by atoms with Crippen molar-refractivity contribution in [1.29, 1.82) is 0 Å². The highest BCUT2D eigenvalue weighted by Crippen LogP contribution is 2.24. The van der Waals surface area contributed by atoms with Crippen LogP contribution in [0.3, 0.4) is 0 Å². The predicted molar refractivity (Wildman–Crippen MR) is 71.0 cm³/mol. The van der Waals surface area contributed by atoms with Gasteiger partial charge in [0.25, 0.3) is 0 Å². The SMILES string of the molecule is CC1(C(=O)NCc2ccc(F)c(F)c2)CCNC1.Cl. The van der Waals surface area contributed by atoms with Crippen LogP contribution in [0, 0.1) is 17.0 Å². The van der Waals surface area contributed by atoms with Gasteiger partial charge in [-0.15, -0.1) is 12.4 Å². The van der Waals surface area contributed by atoms with Crippen molar-refractivity contribution in [2.24, 2.45) is 5.41 Å². The molecule has 1 heterocycles. The lowest BCUT2D eigenvalue weighted by Gasteiger charge is -2.21. The first-order chi connectivity index (χ1) is 8.51. The Kier molecular flexibility index (Phi) is 5.26. The van der Waals surface area contributed by atoms with E-state index >= 15 is 0 Å². The Morgan fingerprint density at radius 1 is 1.42 bits per heavy atom. The fourth-order valence-electron chi connectivity index (χ4n) is 2.06. The highest BCUT2D eigenvalue weighted by molar-refractivity contribution is 5.85. The van der Waals surface area contributed by atoms with Crippen LogP contribution in [-0.2, 0) is 11.3 Å². The summed E-state index contributed by atoms with van der Waals surface area (Å²) in [6.07, 6.45) is 0.788. The number of halogens is 3. The Morgan fingerprint density at radius 3 is 2.74 bits per heavy atom. The van der Waals surface area contributed by atoms with Crippen molar-refractivity contribution in [1.82, 2.24) is 10.6 Å². The van der Waals surface area contributed by atoms with Gasteiger partial charge >= 0.3 is 0 Å². The highest BCUT2D eigenvalue weighted by Gasteiger charge is 2.35. The monoisotopic (exact) mass is 290 g/mol. The van der Waals surface area contributed by atoms with Crippen LogP contribution in [0.15, 0.2) is 18.2 Å². The maximum absolute atomic E-state index is 13.0. The number of nitrogens with one attached hydrogen (secondary N) is 2. The summed E-state index contributed by atoms with van der Waals surface area (Å²) in [5.74, 6) is -1.83. The van der Waals surface area contributed by atoms with Crippen LogP contribution in [0.2, 0.25) is 0 Å². The van der Waals surface area contributed by atoms with Gasteiger partial charge in [0, 0.05) is 13.1 Å². The largest absolute Gasteiger partial charge is 0.352 e. The molecule has 1 atom stereocenters. The van der Waals surface area contributed by atoms with Crippen LogP contribution in [0.5, 0.6) is 0 Å². The number of benzene rings is 1. The number of rotatable bonds is 3. The lowest BCUT2D eigenvalue weighted by molar-refractivity contribution is -0.129. The number of carbonyl (C=O) groups is 1. The molecule has 3 nitrogen and oxygen atoms in total. The van der Waals surface area contributed by atoms with Crippen molar-refractivity contribution in [2.75, 3.05) is 13.1 Å². The first-order valence-electron chi connectivity index (χ1n) is 5.94. The molecular weight excluding hydrogens is 274 g/mol. The molecule has 1 unspecified atom stereocenters. The average molecular weight is 291 g/mol. The van der Waals surface area contributed by atoms with Gasteiger partial charge in [-0.2, -0.15) is 0 Å². The summed E-state index contributed by atoms with van der Waals surface area (Å²) < 4.78 is 25.7. The maximum Gasteiger partial charge on any atom is 0.227 e. The molecule has 0 aromatic heterocycles. The molecule has 6 heteroatoms. The first kappa shape index (κ1) is 15.9. The van der Waals surface area contributed by atoms with Crippen LogP contribution >= 0.6 is 12.4 Å². The first-order valence-corrected chi connectivity index (χ1v) is 5.94. The lowest BCUT2D eigenvalue weighted by Crippen LogP contribution is -2.40. The van der Waals surface area contributed by atoms with Gasteiger partial charge in [-0.3, -0.25) is 4.79 Å². The van der Waals surface area contributed by atoms with E-state index in [0.29, 0.717) is 12.1 Å². The minimum Gasteiger partial charge on any atom is -0.352 e. The summed E-state index contributed by atoms with van der Waals surface area (Å²) >= 11 is 0.